The average Bonchev–Trinajstić information content (AvgIpc) is 2.19. The Kier molecular flexibility index (Phi) is 4.80. The molecule has 1 nitrogen and oxygen atoms in total. The predicted molar refractivity (Wildman–Crippen MR) is 63.4 cm³/mol. The average molecular weight is 270 g/mol. The van der Waals surface area contributed by atoms with E-state index < -0.39 is 11.7 Å². The molecule has 1 aromatic rings. The molecule has 0 spiro atoms. The Bertz CT molecular complexity index is 354. The third-order valence-corrected chi connectivity index (χ3v) is 2.49. The summed E-state index contributed by atoms with van der Waals surface area (Å²) in [6, 6.07) is 3.69. The van der Waals surface area contributed by atoms with E-state index in [-0.39, 0.29) is 10.7 Å². The Morgan fingerprint density at radius 2 is 2.00 bits per heavy atom. The first-order chi connectivity index (χ1) is 7.45. The van der Waals surface area contributed by atoms with Gasteiger partial charge in [-0.25, -0.2) is 0 Å². The smallest absolute Gasteiger partial charge is 0.385 e. The highest BCUT2D eigenvalue weighted by Crippen LogP contribution is 2.36. The minimum Gasteiger partial charge on any atom is -0.385 e. The summed E-state index contributed by atoms with van der Waals surface area (Å²) >= 11 is 9.53. The quantitative estimate of drug-likeness (QED) is 0.620. The summed E-state index contributed by atoms with van der Waals surface area (Å²) in [4.78, 5) is 0. The van der Waals surface area contributed by atoms with Crippen LogP contribution >= 0.6 is 24.2 Å². The second kappa shape index (κ2) is 5.68. The van der Waals surface area contributed by atoms with Crippen LogP contribution in [0.4, 0.5) is 18.9 Å². The van der Waals surface area contributed by atoms with E-state index in [1.165, 1.54) is 12.1 Å². The van der Waals surface area contributed by atoms with Gasteiger partial charge in [-0.3, -0.25) is 0 Å². The molecular formula is C10H11ClF3NS. The summed E-state index contributed by atoms with van der Waals surface area (Å²) in [5.74, 6) is 0.627. The number of hydrogen-bond donors (Lipinski definition) is 2. The van der Waals surface area contributed by atoms with Gasteiger partial charge in [0.25, 0.3) is 0 Å². The number of rotatable bonds is 4. The van der Waals surface area contributed by atoms with E-state index in [1.807, 2.05) is 0 Å². The number of benzene rings is 1. The lowest BCUT2D eigenvalue weighted by atomic mass is 10.1. The fourth-order valence-electron chi connectivity index (χ4n) is 1.21. The van der Waals surface area contributed by atoms with Gasteiger partial charge < -0.3 is 5.32 Å². The van der Waals surface area contributed by atoms with E-state index in [0.717, 1.165) is 6.07 Å². The second-order valence-corrected chi connectivity index (χ2v) is 4.08. The van der Waals surface area contributed by atoms with Crippen LogP contribution < -0.4 is 5.32 Å². The lowest BCUT2D eigenvalue weighted by Gasteiger charge is -2.14. The molecule has 0 saturated heterocycles. The summed E-state index contributed by atoms with van der Waals surface area (Å²) < 4.78 is 37.9. The van der Waals surface area contributed by atoms with Gasteiger partial charge in [-0.05, 0) is 30.4 Å². The fraction of sp³-hybridized carbons (Fsp3) is 0.400. The standard InChI is InChI=1S/C10H11ClF3NS/c11-7-2-3-9(15-4-1-5-16)8(6-7)10(12,13)14/h2-3,6,15-16H,1,4-5H2. The van der Waals surface area contributed by atoms with E-state index in [2.05, 4.69) is 17.9 Å². The molecule has 16 heavy (non-hydrogen) atoms. The SMILES string of the molecule is FC(F)(F)c1cc(Cl)ccc1NCCCS. The third kappa shape index (κ3) is 3.79. The first-order valence-electron chi connectivity index (χ1n) is 4.66. The molecule has 1 N–H and O–H groups in total. The molecule has 0 amide bonds. The van der Waals surface area contributed by atoms with Crippen LogP contribution in [-0.4, -0.2) is 12.3 Å². The molecule has 0 saturated carbocycles. The maximum Gasteiger partial charge on any atom is 0.418 e. The number of halogens is 4. The van der Waals surface area contributed by atoms with Crippen LogP contribution in [-0.2, 0) is 6.18 Å². The molecule has 90 valence electrons. The maximum absolute atomic E-state index is 12.6. The van der Waals surface area contributed by atoms with Crippen molar-refractivity contribution in [3.05, 3.63) is 28.8 Å². The number of hydrogen-bond acceptors (Lipinski definition) is 2. The largest absolute Gasteiger partial charge is 0.418 e. The van der Waals surface area contributed by atoms with Crippen molar-refractivity contribution in [3.63, 3.8) is 0 Å². The van der Waals surface area contributed by atoms with Gasteiger partial charge in [-0.1, -0.05) is 11.6 Å². The zero-order chi connectivity index (χ0) is 12.2. The molecule has 0 unspecified atom stereocenters. The molecule has 0 bridgehead atoms. The van der Waals surface area contributed by atoms with Gasteiger partial charge in [-0.15, -0.1) is 0 Å². The monoisotopic (exact) mass is 269 g/mol. The van der Waals surface area contributed by atoms with Crippen LogP contribution in [0.5, 0.6) is 0 Å². The molecule has 6 heteroatoms. The molecule has 0 heterocycles. The summed E-state index contributed by atoms with van der Waals surface area (Å²) in [6.45, 7) is 0.453. The lowest BCUT2D eigenvalue weighted by Crippen LogP contribution is -2.11. The molecule has 0 aliphatic carbocycles. The Hall–Kier alpha value is -0.550. The van der Waals surface area contributed by atoms with Crippen LogP contribution in [0, 0.1) is 0 Å². The third-order valence-electron chi connectivity index (χ3n) is 1.94. The Morgan fingerprint density at radius 3 is 2.56 bits per heavy atom. The van der Waals surface area contributed by atoms with Gasteiger partial charge in [0, 0.05) is 17.3 Å². The van der Waals surface area contributed by atoms with Crippen molar-refractivity contribution in [1.82, 2.24) is 0 Å². The van der Waals surface area contributed by atoms with Crippen molar-refractivity contribution in [1.29, 1.82) is 0 Å². The first-order valence-corrected chi connectivity index (χ1v) is 5.67. The normalized spacial score (nSPS) is 11.6. The molecule has 0 aliphatic rings. The summed E-state index contributed by atoms with van der Waals surface area (Å²) in [7, 11) is 0. The zero-order valence-corrected chi connectivity index (χ0v) is 9.96. The van der Waals surface area contributed by atoms with Gasteiger partial charge >= 0.3 is 6.18 Å². The highest BCUT2D eigenvalue weighted by atomic mass is 35.5. The predicted octanol–water partition coefficient (Wildman–Crippen LogP) is 4.09. The molecule has 0 aliphatic heterocycles. The highest BCUT2D eigenvalue weighted by molar-refractivity contribution is 7.80. The van der Waals surface area contributed by atoms with Gasteiger partial charge in [0.1, 0.15) is 0 Å². The van der Waals surface area contributed by atoms with Crippen LogP contribution in [0.15, 0.2) is 18.2 Å². The van der Waals surface area contributed by atoms with Crippen molar-refractivity contribution in [2.75, 3.05) is 17.6 Å². The van der Waals surface area contributed by atoms with Gasteiger partial charge in [0.2, 0.25) is 0 Å². The maximum atomic E-state index is 12.6. The Labute approximate surface area is 102 Å². The number of thiol groups is 1. The Balaban J connectivity index is 2.90. The van der Waals surface area contributed by atoms with Gasteiger partial charge in [0.15, 0.2) is 0 Å². The van der Waals surface area contributed by atoms with Crippen molar-refractivity contribution in [3.8, 4) is 0 Å². The minimum atomic E-state index is -4.39. The molecular weight excluding hydrogens is 259 g/mol. The topological polar surface area (TPSA) is 12.0 Å². The van der Waals surface area contributed by atoms with E-state index in [1.54, 1.807) is 0 Å². The Morgan fingerprint density at radius 1 is 1.31 bits per heavy atom. The molecule has 1 rings (SSSR count). The number of nitrogens with one attached hydrogen (secondary N) is 1. The van der Waals surface area contributed by atoms with Crippen LogP contribution in [0.25, 0.3) is 0 Å². The molecule has 0 aromatic heterocycles. The van der Waals surface area contributed by atoms with E-state index in [9.17, 15) is 13.2 Å². The highest BCUT2D eigenvalue weighted by Gasteiger charge is 2.33. The molecule has 0 fully saturated rings. The number of alkyl halides is 3. The van der Waals surface area contributed by atoms with Crippen LogP contribution in [0.2, 0.25) is 5.02 Å². The summed E-state index contributed by atoms with van der Waals surface area (Å²) in [5.41, 5.74) is -0.683. The van der Waals surface area contributed by atoms with Crippen molar-refractivity contribution >= 4 is 29.9 Å². The van der Waals surface area contributed by atoms with E-state index in [0.29, 0.717) is 18.7 Å². The van der Waals surface area contributed by atoms with Gasteiger partial charge in [0.05, 0.1) is 5.56 Å². The summed E-state index contributed by atoms with van der Waals surface area (Å²) in [6.07, 6.45) is -3.70. The lowest BCUT2D eigenvalue weighted by molar-refractivity contribution is -0.136. The minimum absolute atomic E-state index is 0.0543. The molecule has 0 atom stereocenters. The first kappa shape index (κ1) is 13.5. The van der Waals surface area contributed by atoms with Crippen molar-refractivity contribution < 1.29 is 13.2 Å². The zero-order valence-electron chi connectivity index (χ0n) is 8.31. The number of anilines is 1. The van der Waals surface area contributed by atoms with Crippen molar-refractivity contribution in [2.24, 2.45) is 0 Å². The van der Waals surface area contributed by atoms with E-state index >= 15 is 0 Å². The van der Waals surface area contributed by atoms with Crippen LogP contribution in [0.1, 0.15) is 12.0 Å². The molecule has 1 aromatic carbocycles. The second-order valence-electron chi connectivity index (χ2n) is 3.19. The van der Waals surface area contributed by atoms with Gasteiger partial charge in [-0.2, -0.15) is 25.8 Å². The summed E-state index contributed by atoms with van der Waals surface area (Å²) in [5, 5.41) is 2.80. The molecule has 0 radical (unpaired) electrons. The van der Waals surface area contributed by atoms with E-state index in [4.69, 9.17) is 11.6 Å². The fourth-order valence-corrected chi connectivity index (χ4v) is 1.54. The van der Waals surface area contributed by atoms with Crippen molar-refractivity contribution in [2.45, 2.75) is 12.6 Å². The van der Waals surface area contributed by atoms with Crippen LogP contribution in [0.3, 0.4) is 0 Å².